The van der Waals surface area contributed by atoms with E-state index in [0.29, 0.717) is 5.71 Å². The molecule has 0 aliphatic rings. The summed E-state index contributed by atoms with van der Waals surface area (Å²) in [4.78, 5) is 14.7. The fourth-order valence-electron chi connectivity index (χ4n) is 2.95. The molecule has 0 fully saturated rings. The van der Waals surface area contributed by atoms with Gasteiger partial charge in [-0.15, -0.1) is 11.3 Å². The third-order valence-electron chi connectivity index (χ3n) is 4.15. The van der Waals surface area contributed by atoms with Gasteiger partial charge >= 0.3 is 0 Å². The fraction of sp³-hybridized carbons (Fsp3) is 0.238. The van der Waals surface area contributed by atoms with E-state index in [4.69, 9.17) is 20.5 Å². The Morgan fingerprint density at radius 1 is 1.29 bits per heavy atom. The van der Waals surface area contributed by atoms with Crippen LogP contribution in [0.1, 0.15) is 25.2 Å². The smallest absolute Gasteiger partial charge is 0.125 e. The van der Waals surface area contributed by atoms with Gasteiger partial charge in [0.2, 0.25) is 0 Å². The Kier molecular flexibility index (Phi) is 5.96. The predicted molar refractivity (Wildman–Crippen MR) is 115 cm³/mol. The van der Waals surface area contributed by atoms with Gasteiger partial charge in [0, 0.05) is 43.2 Å². The third-order valence-corrected chi connectivity index (χ3v) is 5.37. The van der Waals surface area contributed by atoms with Gasteiger partial charge in [0.05, 0.1) is 27.5 Å². The number of aryl methyl sites for hydroxylation is 2. The lowest BCUT2D eigenvalue weighted by molar-refractivity contribution is 0.318. The molecule has 0 saturated carbocycles. The van der Waals surface area contributed by atoms with Gasteiger partial charge in [0.25, 0.3) is 0 Å². The first-order valence-corrected chi connectivity index (χ1v) is 9.78. The zero-order valence-electron chi connectivity index (χ0n) is 16.4. The molecule has 0 atom stereocenters. The largest absolute Gasteiger partial charge is 0.397 e. The van der Waals surface area contributed by atoms with Crippen LogP contribution >= 0.6 is 11.3 Å². The van der Waals surface area contributed by atoms with Gasteiger partial charge in [0.1, 0.15) is 10.7 Å². The third kappa shape index (κ3) is 3.85. The predicted octanol–water partition coefficient (Wildman–Crippen LogP) is 4.45. The Bertz CT molecular complexity index is 1110. The highest BCUT2D eigenvalue weighted by Gasteiger charge is 2.17. The van der Waals surface area contributed by atoms with Gasteiger partial charge in [-0.2, -0.15) is 0 Å². The zero-order chi connectivity index (χ0) is 20.3. The quantitative estimate of drug-likeness (QED) is 0.503. The van der Waals surface area contributed by atoms with Crippen molar-refractivity contribution >= 4 is 28.0 Å². The van der Waals surface area contributed by atoms with E-state index < -0.39 is 0 Å². The summed E-state index contributed by atoms with van der Waals surface area (Å²) in [5, 5.41) is 17.7. The van der Waals surface area contributed by atoms with Crippen LogP contribution in [0.3, 0.4) is 0 Å². The van der Waals surface area contributed by atoms with Crippen molar-refractivity contribution in [2.45, 2.75) is 20.8 Å². The maximum Gasteiger partial charge on any atom is 0.125 e. The van der Waals surface area contributed by atoms with E-state index in [1.807, 2.05) is 43.1 Å². The molecule has 2 N–H and O–H groups in total. The lowest BCUT2D eigenvalue weighted by atomic mass is 10.1. The Balaban J connectivity index is 0.000000706. The summed E-state index contributed by atoms with van der Waals surface area (Å²) in [6.45, 7) is 5.71. The summed E-state index contributed by atoms with van der Waals surface area (Å²) >= 11 is 1.61. The molecule has 4 rings (SSSR count). The second-order valence-corrected chi connectivity index (χ2v) is 7.34. The number of nitrogens with one attached hydrogen (secondary N) is 1. The number of aliphatic hydroxyl groups is 1. The molecule has 28 heavy (non-hydrogen) atoms. The summed E-state index contributed by atoms with van der Waals surface area (Å²) in [6, 6.07) is 8.06. The number of hydrogen-bond acceptors (Lipinski definition) is 6. The van der Waals surface area contributed by atoms with Gasteiger partial charge in [-0.05, 0) is 45.0 Å². The molecule has 0 spiro atoms. The average molecular weight is 394 g/mol. The topological polar surface area (TPSA) is 87.7 Å². The van der Waals surface area contributed by atoms with Crippen LogP contribution in [-0.2, 0) is 7.05 Å². The lowest BCUT2D eigenvalue weighted by Crippen LogP contribution is -2.02. The summed E-state index contributed by atoms with van der Waals surface area (Å²) in [5.41, 5.74) is 4.99. The SMILES string of the molecule is CC(=N)c1nc(-c2sc(-c3cccnc3)nc2C)cc2ccn(C)c12.CCO. The maximum atomic E-state index is 8.11. The van der Waals surface area contributed by atoms with E-state index in [2.05, 4.69) is 17.1 Å². The molecule has 4 heterocycles. The molecule has 6 nitrogen and oxygen atoms in total. The minimum absolute atomic E-state index is 0.250. The van der Waals surface area contributed by atoms with Crippen molar-refractivity contribution in [3.8, 4) is 21.1 Å². The minimum atomic E-state index is 0.250. The molecule has 0 saturated heterocycles. The Labute approximate surface area is 168 Å². The molecular weight excluding hydrogens is 370 g/mol. The van der Waals surface area contributed by atoms with E-state index in [-0.39, 0.29) is 6.61 Å². The van der Waals surface area contributed by atoms with Gasteiger partial charge in [-0.1, -0.05) is 0 Å². The number of aliphatic hydroxyl groups excluding tert-OH is 1. The van der Waals surface area contributed by atoms with Crippen molar-refractivity contribution in [1.82, 2.24) is 19.5 Å². The van der Waals surface area contributed by atoms with Crippen LogP contribution < -0.4 is 0 Å². The molecule has 0 aliphatic heterocycles. The van der Waals surface area contributed by atoms with Crippen LogP contribution in [0.25, 0.3) is 32.0 Å². The summed E-state index contributed by atoms with van der Waals surface area (Å²) < 4.78 is 2.01. The van der Waals surface area contributed by atoms with Crippen LogP contribution in [0.2, 0.25) is 0 Å². The molecule has 0 amide bonds. The van der Waals surface area contributed by atoms with E-state index in [9.17, 15) is 0 Å². The number of pyridine rings is 2. The molecule has 144 valence electrons. The normalized spacial score (nSPS) is 10.6. The molecule has 0 bridgehead atoms. The number of hydrogen-bond donors (Lipinski definition) is 2. The summed E-state index contributed by atoms with van der Waals surface area (Å²) in [7, 11) is 1.98. The number of nitrogens with zero attached hydrogens (tertiary/aromatic N) is 4. The van der Waals surface area contributed by atoms with Crippen LogP contribution in [-0.4, -0.2) is 36.9 Å². The molecule has 0 aliphatic carbocycles. The second-order valence-electron chi connectivity index (χ2n) is 6.34. The van der Waals surface area contributed by atoms with Gasteiger partial charge in [0.15, 0.2) is 0 Å². The van der Waals surface area contributed by atoms with Crippen molar-refractivity contribution in [3.63, 3.8) is 0 Å². The van der Waals surface area contributed by atoms with E-state index in [1.165, 1.54) is 0 Å². The number of rotatable bonds is 3. The van der Waals surface area contributed by atoms with E-state index in [0.717, 1.165) is 43.4 Å². The summed E-state index contributed by atoms with van der Waals surface area (Å²) in [5.74, 6) is 0. The highest BCUT2D eigenvalue weighted by molar-refractivity contribution is 7.18. The molecule has 0 aromatic carbocycles. The van der Waals surface area contributed by atoms with Crippen LogP contribution in [0, 0.1) is 12.3 Å². The highest BCUT2D eigenvalue weighted by atomic mass is 32.1. The summed E-state index contributed by atoms with van der Waals surface area (Å²) in [6.07, 6.45) is 5.58. The molecule has 4 aromatic rings. The molecule has 0 radical (unpaired) electrons. The number of fused-ring (bicyclic) bond motifs is 1. The highest BCUT2D eigenvalue weighted by Crippen LogP contribution is 2.35. The second kappa shape index (κ2) is 8.41. The first-order chi connectivity index (χ1) is 13.5. The van der Waals surface area contributed by atoms with Gasteiger partial charge in [-0.3, -0.25) is 4.98 Å². The van der Waals surface area contributed by atoms with Crippen molar-refractivity contribution in [1.29, 1.82) is 5.41 Å². The van der Waals surface area contributed by atoms with Crippen molar-refractivity contribution in [2.24, 2.45) is 7.05 Å². The van der Waals surface area contributed by atoms with E-state index in [1.54, 1.807) is 31.4 Å². The van der Waals surface area contributed by atoms with Crippen molar-refractivity contribution in [2.75, 3.05) is 6.61 Å². The first-order valence-electron chi connectivity index (χ1n) is 8.96. The Hall–Kier alpha value is -2.90. The monoisotopic (exact) mass is 393 g/mol. The zero-order valence-corrected chi connectivity index (χ0v) is 17.2. The van der Waals surface area contributed by atoms with Crippen molar-refractivity contribution < 1.29 is 5.11 Å². The van der Waals surface area contributed by atoms with Crippen LogP contribution in [0.15, 0.2) is 42.9 Å². The number of thiazole rings is 1. The lowest BCUT2D eigenvalue weighted by Gasteiger charge is -2.07. The fourth-order valence-corrected chi connectivity index (χ4v) is 3.96. The molecule has 4 aromatic heterocycles. The standard InChI is InChI=1S/C19H17N5S.C2H6O/c1-11(20)16-17-13(6-8-24(17)3)9-15(23-16)18-12(2)22-19(25-18)14-5-4-7-21-10-14;1-2-3/h4-10,20H,1-3H3;3H,2H2,1H3. The molecular formula is C21H23N5OS. The minimum Gasteiger partial charge on any atom is -0.397 e. The van der Waals surface area contributed by atoms with Crippen LogP contribution in [0.4, 0.5) is 0 Å². The van der Waals surface area contributed by atoms with Crippen molar-refractivity contribution in [3.05, 3.63) is 54.2 Å². The van der Waals surface area contributed by atoms with E-state index >= 15 is 0 Å². The maximum absolute atomic E-state index is 8.11. The number of aromatic nitrogens is 4. The van der Waals surface area contributed by atoms with Crippen LogP contribution in [0.5, 0.6) is 0 Å². The first kappa shape index (κ1) is 19.9. The average Bonchev–Trinajstić information content (AvgIpc) is 3.25. The molecule has 7 heteroatoms. The van der Waals surface area contributed by atoms with Gasteiger partial charge in [-0.25, -0.2) is 9.97 Å². The molecule has 0 unspecified atom stereocenters. The Morgan fingerprint density at radius 3 is 2.68 bits per heavy atom. The van der Waals surface area contributed by atoms with Gasteiger partial charge < -0.3 is 15.1 Å². The Morgan fingerprint density at radius 2 is 2.04 bits per heavy atom.